The molecule has 114 valence electrons. The Morgan fingerprint density at radius 2 is 1.95 bits per heavy atom. The van der Waals surface area contributed by atoms with Crippen molar-refractivity contribution in [3.8, 4) is 0 Å². The second kappa shape index (κ2) is 7.88. The van der Waals surface area contributed by atoms with Crippen molar-refractivity contribution in [3.05, 3.63) is 11.8 Å². The zero-order chi connectivity index (χ0) is 15.0. The number of nitrogens with zero attached hydrogens (tertiary/aromatic N) is 2. The largest absolute Gasteiger partial charge is 0.433 e. The summed E-state index contributed by atoms with van der Waals surface area (Å²) < 4.78 is 42.9. The number of ether oxygens (including phenoxy) is 1. The van der Waals surface area contributed by atoms with Gasteiger partial charge in [-0.25, -0.2) is 4.98 Å². The molecule has 5 nitrogen and oxygen atoms in total. The van der Waals surface area contributed by atoms with Gasteiger partial charge in [0.2, 0.25) is 5.95 Å². The fraction of sp³-hybridized carbons (Fsp3) is 0.667. The molecule has 0 atom stereocenters. The quantitative estimate of drug-likeness (QED) is 0.721. The Morgan fingerprint density at radius 3 is 2.60 bits per heavy atom. The van der Waals surface area contributed by atoms with Gasteiger partial charge in [-0.3, -0.25) is 0 Å². The van der Waals surface area contributed by atoms with Crippen LogP contribution in [0.5, 0.6) is 0 Å². The highest BCUT2D eigenvalue weighted by atomic mass is 19.4. The number of nitrogens with two attached hydrogens (primary N) is 1. The smallest absolute Gasteiger partial charge is 0.381 e. The summed E-state index contributed by atoms with van der Waals surface area (Å²) in [4.78, 5) is 6.87. The van der Waals surface area contributed by atoms with Crippen molar-refractivity contribution in [1.82, 2.24) is 9.97 Å². The highest BCUT2D eigenvalue weighted by Crippen LogP contribution is 2.29. The first kappa shape index (κ1) is 16.5. The molecule has 1 rings (SSSR count). The van der Waals surface area contributed by atoms with Crippen LogP contribution in [0.3, 0.4) is 0 Å². The Hall–Kier alpha value is -1.57. The molecule has 0 radical (unpaired) electrons. The first-order valence-corrected chi connectivity index (χ1v) is 6.47. The minimum atomic E-state index is -4.53. The molecule has 0 saturated carbocycles. The number of halogens is 3. The van der Waals surface area contributed by atoms with Crippen LogP contribution in [-0.2, 0) is 10.9 Å². The third kappa shape index (κ3) is 6.05. The number of hydrogen-bond donors (Lipinski definition) is 2. The molecule has 0 fully saturated rings. The Kier molecular flexibility index (Phi) is 6.50. The van der Waals surface area contributed by atoms with Crippen molar-refractivity contribution in [2.75, 3.05) is 30.8 Å². The molecule has 0 bridgehead atoms. The van der Waals surface area contributed by atoms with E-state index in [-0.39, 0.29) is 5.82 Å². The van der Waals surface area contributed by atoms with Crippen molar-refractivity contribution < 1.29 is 17.9 Å². The summed E-state index contributed by atoms with van der Waals surface area (Å²) in [6, 6.07) is 0.842. The fourth-order valence-corrected chi connectivity index (χ4v) is 1.44. The number of nitrogens with one attached hydrogen (secondary N) is 1. The van der Waals surface area contributed by atoms with E-state index in [0.29, 0.717) is 26.2 Å². The molecule has 1 aromatic rings. The highest BCUT2D eigenvalue weighted by molar-refractivity contribution is 5.41. The Morgan fingerprint density at radius 1 is 1.25 bits per heavy atom. The number of nitrogen functional groups attached to an aromatic ring is 1. The van der Waals surface area contributed by atoms with Gasteiger partial charge in [-0.05, 0) is 12.8 Å². The average molecular weight is 292 g/mol. The van der Waals surface area contributed by atoms with E-state index in [1.165, 1.54) is 0 Å². The minimum absolute atomic E-state index is 0.0679. The number of hydrogen-bond acceptors (Lipinski definition) is 5. The summed E-state index contributed by atoms with van der Waals surface area (Å²) in [7, 11) is 0. The van der Waals surface area contributed by atoms with E-state index in [0.717, 1.165) is 18.9 Å². The van der Waals surface area contributed by atoms with Crippen LogP contribution in [0, 0.1) is 0 Å². The number of unbranched alkanes of at least 4 members (excludes halogenated alkanes) is 1. The van der Waals surface area contributed by atoms with E-state index >= 15 is 0 Å². The second-order valence-corrected chi connectivity index (χ2v) is 4.24. The molecular formula is C12H19F3N4O. The van der Waals surface area contributed by atoms with Gasteiger partial charge in [-0.15, -0.1) is 0 Å². The van der Waals surface area contributed by atoms with Crippen LogP contribution in [0.1, 0.15) is 31.9 Å². The van der Waals surface area contributed by atoms with Gasteiger partial charge < -0.3 is 15.8 Å². The standard InChI is InChI=1S/C12H19F3N4O/c1-2-3-6-20-7-4-5-17-10-8-9(12(13,14)15)18-11(16)19-10/h8H,2-7H2,1H3,(H3,16,17,18,19). The molecule has 0 aliphatic rings. The average Bonchev–Trinajstić information content (AvgIpc) is 2.36. The third-order valence-corrected chi connectivity index (χ3v) is 2.45. The predicted molar refractivity (Wildman–Crippen MR) is 70.3 cm³/mol. The normalized spacial score (nSPS) is 11.6. The van der Waals surface area contributed by atoms with Gasteiger partial charge in [-0.2, -0.15) is 18.2 Å². The van der Waals surface area contributed by atoms with E-state index < -0.39 is 17.8 Å². The summed E-state index contributed by atoms with van der Waals surface area (Å²) in [6.45, 7) is 3.79. The summed E-state index contributed by atoms with van der Waals surface area (Å²) in [5.41, 5.74) is 4.21. The van der Waals surface area contributed by atoms with Gasteiger partial charge in [0.1, 0.15) is 5.82 Å². The van der Waals surface area contributed by atoms with Crippen LogP contribution in [0.25, 0.3) is 0 Å². The van der Waals surface area contributed by atoms with Gasteiger partial charge in [0.25, 0.3) is 0 Å². The number of rotatable bonds is 8. The van der Waals surface area contributed by atoms with Crippen LogP contribution in [0.4, 0.5) is 24.9 Å². The zero-order valence-electron chi connectivity index (χ0n) is 11.3. The minimum Gasteiger partial charge on any atom is -0.381 e. The second-order valence-electron chi connectivity index (χ2n) is 4.24. The lowest BCUT2D eigenvalue weighted by Crippen LogP contribution is -2.14. The lowest BCUT2D eigenvalue weighted by Gasteiger charge is -2.10. The van der Waals surface area contributed by atoms with Gasteiger partial charge in [-0.1, -0.05) is 13.3 Å². The number of aromatic nitrogens is 2. The molecular weight excluding hydrogens is 273 g/mol. The van der Waals surface area contributed by atoms with Crippen molar-refractivity contribution in [3.63, 3.8) is 0 Å². The van der Waals surface area contributed by atoms with Gasteiger partial charge >= 0.3 is 6.18 Å². The first-order valence-electron chi connectivity index (χ1n) is 6.47. The molecule has 0 aliphatic heterocycles. The van der Waals surface area contributed by atoms with Crippen molar-refractivity contribution in [2.45, 2.75) is 32.4 Å². The molecule has 0 aliphatic carbocycles. The van der Waals surface area contributed by atoms with Crippen LogP contribution in [0.15, 0.2) is 6.07 Å². The topological polar surface area (TPSA) is 73.1 Å². The molecule has 20 heavy (non-hydrogen) atoms. The number of alkyl halides is 3. The third-order valence-electron chi connectivity index (χ3n) is 2.45. The van der Waals surface area contributed by atoms with Gasteiger partial charge in [0.15, 0.2) is 5.69 Å². The summed E-state index contributed by atoms with van der Waals surface area (Å²) in [6.07, 6.45) is -1.78. The molecule has 8 heteroatoms. The lowest BCUT2D eigenvalue weighted by atomic mass is 10.3. The maximum Gasteiger partial charge on any atom is 0.433 e. The first-order chi connectivity index (χ1) is 9.43. The monoisotopic (exact) mass is 292 g/mol. The van der Waals surface area contributed by atoms with E-state index in [1.54, 1.807) is 0 Å². The Bertz CT molecular complexity index is 412. The van der Waals surface area contributed by atoms with Crippen LogP contribution in [0.2, 0.25) is 0 Å². The molecule has 1 aromatic heterocycles. The van der Waals surface area contributed by atoms with Crippen molar-refractivity contribution in [1.29, 1.82) is 0 Å². The van der Waals surface area contributed by atoms with Gasteiger partial charge in [0.05, 0.1) is 0 Å². The molecule has 3 N–H and O–H groups in total. The number of anilines is 2. The summed E-state index contributed by atoms with van der Waals surface area (Å²) in [5.74, 6) is -0.333. The van der Waals surface area contributed by atoms with E-state index in [4.69, 9.17) is 10.5 Å². The van der Waals surface area contributed by atoms with Crippen LogP contribution in [-0.4, -0.2) is 29.7 Å². The van der Waals surface area contributed by atoms with E-state index in [1.807, 2.05) is 0 Å². The molecule has 0 saturated heterocycles. The maximum atomic E-state index is 12.5. The SMILES string of the molecule is CCCCOCCCNc1cc(C(F)(F)F)nc(N)n1. The zero-order valence-corrected chi connectivity index (χ0v) is 11.3. The molecule has 0 amide bonds. The predicted octanol–water partition coefficient (Wildman–Crippen LogP) is 2.70. The Labute approximate surface area is 115 Å². The Balaban J connectivity index is 2.39. The summed E-state index contributed by atoms with van der Waals surface area (Å²) in [5, 5.41) is 2.78. The maximum absolute atomic E-state index is 12.5. The van der Waals surface area contributed by atoms with Crippen LogP contribution >= 0.6 is 0 Å². The molecule has 0 aromatic carbocycles. The fourth-order valence-electron chi connectivity index (χ4n) is 1.44. The van der Waals surface area contributed by atoms with E-state index in [2.05, 4.69) is 22.2 Å². The van der Waals surface area contributed by atoms with E-state index in [9.17, 15) is 13.2 Å². The lowest BCUT2D eigenvalue weighted by molar-refractivity contribution is -0.141. The van der Waals surface area contributed by atoms with Crippen molar-refractivity contribution >= 4 is 11.8 Å². The summed E-state index contributed by atoms with van der Waals surface area (Å²) >= 11 is 0. The molecule has 0 spiro atoms. The van der Waals surface area contributed by atoms with Crippen LogP contribution < -0.4 is 11.1 Å². The molecule has 0 unspecified atom stereocenters. The highest BCUT2D eigenvalue weighted by Gasteiger charge is 2.33. The molecule has 1 heterocycles. The van der Waals surface area contributed by atoms with Crippen molar-refractivity contribution in [2.24, 2.45) is 0 Å². The van der Waals surface area contributed by atoms with Gasteiger partial charge in [0, 0.05) is 25.8 Å².